The van der Waals surface area contributed by atoms with Gasteiger partial charge in [0.25, 0.3) is 5.56 Å². The second kappa shape index (κ2) is 8.21. The molecule has 4 aromatic heterocycles. The van der Waals surface area contributed by atoms with Crippen molar-refractivity contribution in [3.8, 4) is 21.8 Å². The van der Waals surface area contributed by atoms with Crippen molar-refractivity contribution < 1.29 is 4.79 Å². The Morgan fingerprint density at radius 3 is 2.55 bits per heavy atom. The maximum Gasteiger partial charge on any atom is 0.263 e. The van der Waals surface area contributed by atoms with Crippen molar-refractivity contribution in [3.05, 3.63) is 82.3 Å². The topological polar surface area (TPSA) is 89.8 Å². The summed E-state index contributed by atoms with van der Waals surface area (Å²) in [6.45, 7) is -0.151. The lowest BCUT2D eigenvalue weighted by molar-refractivity contribution is -0.116. The first-order valence-electron chi connectivity index (χ1n) is 9.37. The number of carbonyl (C=O) groups is 1. The van der Waals surface area contributed by atoms with E-state index in [1.165, 1.54) is 22.2 Å². The van der Waals surface area contributed by atoms with Gasteiger partial charge in [0.2, 0.25) is 5.91 Å². The van der Waals surface area contributed by atoms with Crippen LogP contribution < -0.4 is 10.9 Å². The maximum atomic E-state index is 13.0. The van der Waals surface area contributed by atoms with Gasteiger partial charge in [-0.1, -0.05) is 36.4 Å². The monoisotopic (exact) mass is 445 g/mol. The third-order valence-corrected chi connectivity index (χ3v) is 6.42. The van der Waals surface area contributed by atoms with Crippen LogP contribution in [-0.2, 0) is 11.3 Å². The molecule has 5 rings (SSSR count). The van der Waals surface area contributed by atoms with E-state index in [1.807, 2.05) is 53.2 Å². The molecule has 4 heterocycles. The van der Waals surface area contributed by atoms with Gasteiger partial charge in [0.1, 0.15) is 11.4 Å². The second-order valence-electron chi connectivity index (χ2n) is 6.69. The van der Waals surface area contributed by atoms with E-state index in [4.69, 9.17) is 0 Å². The van der Waals surface area contributed by atoms with E-state index in [0.29, 0.717) is 21.7 Å². The van der Waals surface area contributed by atoms with Gasteiger partial charge in [0.05, 0.1) is 29.8 Å². The molecule has 7 nitrogen and oxygen atoms in total. The molecular formula is C22H15N5O2S2. The van der Waals surface area contributed by atoms with Crippen LogP contribution >= 0.6 is 22.7 Å². The summed E-state index contributed by atoms with van der Waals surface area (Å²) < 4.78 is 1.32. The molecule has 0 bridgehead atoms. The predicted octanol–water partition coefficient (Wildman–Crippen LogP) is 4.28. The highest BCUT2D eigenvalue weighted by molar-refractivity contribution is 7.18. The average molecular weight is 446 g/mol. The zero-order valence-electron chi connectivity index (χ0n) is 16.1. The number of benzene rings is 1. The van der Waals surface area contributed by atoms with Crippen LogP contribution in [0, 0.1) is 0 Å². The van der Waals surface area contributed by atoms with Gasteiger partial charge in [-0.05, 0) is 11.4 Å². The number of rotatable bonds is 5. The molecule has 0 radical (unpaired) electrons. The molecule has 9 heteroatoms. The van der Waals surface area contributed by atoms with Crippen LogP contribution in [-0.4, -0.2) is 25.4 Å². The van der Waals surface area contributed by atoms with E-state index in [9.17, 15) is 9.59 Å². The molecule has 0 fully saturated rings. The molecule has 0 saturated carbocycles. The molecular weight excluding hydrogens is 430 g/mol. The number of carbonyl (C=O) groups excluding carboxylic acids is 1. The highest BCUT2D eigenvalue weighted by Gasteiger charge is 2.15. The molecule has 0 spiro atoms. The van der Waals surface area contributed by atoms with E-state index in [-0.39, 0.29) is 18.0 Å². The first kappa shape index (κ1) is 19.3. The fourth-order valence-corrected chi connectivity index (χ4v) is 4.90. The average Bonchev–Trinajstić information content (AvgIpc) is 3.47. The minimum Gasteiger partial charge on any atom is -0.322 e. The standard InChI is InChI=1S/C22H15N5O2S2/c28-18(26-15-9-23-20(24-10-15)14-5-2-1-3-6-14)11-27-13-25-21-19(22(27)29)16(12-31-21)17-7-4-8-30-17/h1-10,12-13H,11H2,(H,26,28). The summed E-state index contributed by atoms with van der Waals surface area (Å²) in [6.07, 6.45) is 4.50. The highest BCUT2D eigenvalue weighted by atomic mass is 32.1. The van der Waals surface area contributed by atoms with Crippen LogP contribution in [0.5, 0.6) is 0 Å². The Labute approximate surface area is 184 Å². The van der Waals surface area contributed by atoms with Crippen LogP contribution in [0.3, 0.4) is 0 Å². The molecule has 1 amide bonds. The van der Waals surface area contributed by atoms with Crippen molar-refractivity contribution in [1.29, 1.82) is 0 Å². The van der Waals surface area contributed by atoms with Crippen molar-refractivity contribution >= 4 is 44.5 Å². The van der Waals surface area contributed by atoms with Crippen molar-refractivity contribution in [2.45, 2.75) is 6.54 Å². The summed E-state index contributed by atoms with van der Waals surface area (Å²) >= 11 is 2.98. The van der Waals surface area contributed by atoms with Gasteiger partial charge in [-0.2, -0.15) is 0 Å². The lowest BCUT2D eigenvalue weighted by atomic mass is 10.2. The van der Waals surface area contributed by atoms with E-state index in [1.54, 1.807) is 23.7 Å². The van der Waals surface area contributed by atoms with Gasteiger partial charge in [0, 0.05) is 21.4 Å². The molecule has 0 aliphatic heterocycles. The van der Waals surface area contributed by atoms with Crippen LogP contribution in [0.2, 0.25) is 0 Å². The summed E-state index contributed by atoms with van der Waals surface area (Å²) in [4.78, 5) is 40.2. The third kappa shape index (κ3) is 3.88. The van der Waals surface area contributed by atoms with E-state index >= 15 is 0 Å². The number of aromatic nitrogens is 4. The Bertz CT molecular complexity index is 1410. The molecule has 0 saturated heterocycles. The smallest absolute Gasteiger partial charge is 0.263 e. The summed E-state index contributed by atoms with van der Waals surface area (Å²) in [5.41, 5.74) is 1.97. The predicted molar refractivity (Wildman–Crippen MR) is 123 cm³/mol. The molecule has 0 aliphatic carbocycles. The molecule has 1 aromatic carbocycles. The molecule has 0 atom stereocenters. The fourth-order valence-electron chi connectivity index (χ4n) is 3.18. The van der Waals surface area contributed by atoms with Crippen LogP contribution in [0.1, 0.15) is 0 Å². The first-order chi connectivity index (χ1) is 15.2. The Morgan fingerprint density at radius 1 is 1.00 bits per heavy atom. The number of fused-ring (bicyclic) bond motifs is 1. The number of nitrogens with one attached hydrogen (secondary N) is 1. The number of anilines is 1. The van der Waals surface area contributed by atoms with Gasteiger partial charge in [-0.25, -0.2) is 15.0 Å². The molecule has 1 N–H and O–H groups in total. The van der Waals surface area contributed by atoms with E-state index in [2.05, 4.69) is 20.3 Å². The van der Waals surface area contributed by atoms with Gasteiger partial charge in [-0.15, -0.1) is 22.7 Å². The van der Waals surface area contributed by atoms with Crippen LogP contribution in [0.4, 0.5) is 5.69 Å². The van der Waals surface area contributed by atoms with Gasteiger partial charge in [-0.3, -0.25) is 14.2 Å². The van der Waals surface area contributed by atoms with Crippen molar-refractivity contribution in [3.63, 3.8) is 0 Å². The summed E-state index contributed by atoms with van der Waals surface area (Å²) in [6, 6.07) is 13.5. The third-order valence-electron chi connectivity index (χ3n) is 4.63. The molecule has 5 aromatic rings. The van der Waals surface area contributed by atoms with Crippen LogP contribution in [0.15, 0.2) is 76.7 Å². The van der Waals surface area contributed by atoms with Crippen molar-refractivity contribution in [2.24, 2.45) is 0 Å². The molecule has 0 unspecified atom stereocenters. The number of thiophene rings is 2. The van der Waals surface area contributed by atoms with Gasteiger partial charge < -0.3 is 5.32 Å². The second-order valence-corrected chi connectivity index (χ2v) is 8.50. The van der Waals surface area contributed by atoms with Crippen LogP contribution in [0.25, 0.3) is 32.0 Å². The summed E-state index contributed by atoms with van der Waals surface area (Å²) in [5, 5.41) is 7.17. The fraction of sp³-hybridized carbons (Fsp3) is 0.0455. The minimum absolute atomic E-state index is 0.151. The summed E-state index contributed by atoms with van der Waals surface area (Å²) in [7, 11) is 0. The van der Waals surface area contributed by atoms with Gasteiger partial charge in [0.15, 0.2) is 5.82 Å². The Kier molecular flexibility index (Phi) is 5.11. The largest absolute Gasteiger partial charge is 0.322 e. The SMILES string of the molecule is O=C(Cn1cnc2scc(-c3cccs3)c2c1=O)Nc1cnc(-c2ccccc2)nc1. The first-order valence-corrected chi connectivity index (χ1v) is 11.1. The number of hydrogen-bond acceptors (Lipinski definition) is 7. The lowest BCUT2D eigenvalue weighted by Crippen LogP contribution is -2.27. The van der Waals surface area contributed by atoms with Crippen molar-refractivity contribution in [2.75, 3.05) is 5.32 Å². The molecule has 31 heavy (non-hydrogen) atoms. The number of amides is 1. The highest BCUT2D eigenvalue weighted by Crippen LogP contribution is 2.33. The van der Waals surface area contributed by atoms with E-state index < -0.39 is 0 Å². The lowest BCUT2D eigenvalue weighted by Gasteiger charge is -2.08. The molecule has 0 aliphatic rings. The van der Waals surface area contributed by atoms with Crippen molar-refractivity contribution in [1.82, 2.24) is 19.5 Å². The molecule has 152 valence electrons. The number of nitrogens with zero attached hydrogens (tertiary/aromatic N) is 4. The summed E-state index contributed by atoms with van der Waals surface area (Å²) in [5.74, 6) is 0.218. The Hall–Kier alpha value is -3.69. The Morgan fingerprint density at radius 2 is 1.81 bits per heavy atom. The minimum atomic E-state index is -0.354. The van der Waals surface area contributed by atoms with E-state index in [0.717, 1.165) is 16.0 Å². The quantitative estimate of drug-likeness (QED) is 0.436. The van der Waals surface area contributed by atoms with Gasteiger partial charge >= 0.3 is 0 Å². The number of hydrogen-bond donors (Lipinski definition) is 1. The zero-order valence-corrected chi connectivity index (χ0v) is 17.7. The maximum absolute atomic E-state index is 13.0. The Balaban J connectivity index is 1.35. The normalized spacial score (nSPS) is 11.0. The zero-order chi connectivity index (χ0) is 21.2.